The van der Waals surface area contributed by atoms with E-state index in [9.17, 15) is 4.39 Å². The second-order valence-corrected chi connectivity index (χ2v) is 4.06. The second kappa shape index (κ2) is 4.53. The van der Waals surface area contributed by atoms with Crippen LogP contribution in [0.2, 0.25) is 0 Å². The number of aromatic nitrogens is 1. The van der Waals surface area contributed by atoms with E-state index in [1.54, 1.807) is 18.3 Å². The molecule has 0 unspecified atom stereocenters. The predicted molar refractivity (Wildman–Crippen MR) is 68.2 cm³/mol. The molecule has 2 nitrogen and oxygen atoms in total. The molecule has 0 atom stereocenters. The Morgan fingerprint density at radius 3 is 2.71 bits per heavy atom. The maximum absolute atomic E-state index is 13.9. The molecule has 1 heterocycles. The molecule has 0 bridgehead atoms. The first kappa shape index (κ1) is 11.6. The molecule has 1 aromatic heterocycles. The van der Waals surface area contributed by atoms with E-state index in [4.69, 9.17) is 5.73 Å². The third-order valence-electron chi connectivity index (χ3n) is 2.90. The van der Waals surface area contributed by atoms with Crippen LogP contribution in [-0.4, -0.2) is 4.98 Å². The van der Waals surface area contributed by atoms with E-state index in [0.717, 1.165) is 17.5 Å². The maximum atomic E-state index is 13.9. The second-order valence-electron chi connectivity index (χ2n) is 4.06. The quantitative estimate of drug-likeness (QED) is 0.859. The van der Waals surface area contributed by atoms with Crippen molar-refractivity contribution < 1.29 is 4.39 Å². The van der Waals surface area contributed by atoms with E-state index in [-0.39, 0.29) is 5.82 Å². The number of nitrogens with zero attached hydrogens (tertiary/aromatic N) is 1. The van der Waals surface area contributed by atoms with Crippen molar-refractivity contribution in [3.8, 4) is 11.3 Å². The van der Waals surface area contributed by atoms with Crippen LogP contribution in [0.4, 0.5) is 10.1 Å². The molecule has 88 valence electrons. The van der Waals surface area contributed by atoms with Crippen molar-refractivity contribution in [3.63, 3.8) is 0 Å². The Balaban J connectivity index is 2.57. The van der Waals surface area contributed by atoms with Gasteiger partial charge in [-0.15, -0.1) is 0 Å². The molecule has 0 saturated heterocycles. The minimum absolute atomic E-state index is 0.269. The van der Waals surface area contributed by atoms with Crippen molar-refractivity contribution in [2.75, 3.05) is 5.73 Å². The summed E-state index contributed by atoms with van der Waals surface area (Å²) in [4.78, 5) is 4.16. The topological polar surface area (TPSA) is 38.9 Å². The van der Waals surface area contributed by atoms with Gasteiger partial charge >= 0.3 is 0 Å². The van der Waals surface area contributed by atoms with Crippen molar-refractivity contribution in [3.05, 3.63) is 47.4 Å². The third-order valence-corrected chi connectivity index (χ3v) is 2.90. The number of anilines is 1. The lowest BCUT2D eigenvalue weighted by Crippen LogP contribution is -1.98. The van der Waals surface area contributed by atoms with Gasteiger partial charge in [-0.25, -0.2) is 4.39 Å². The van der Waals surface area contributed by atoms with Gasteiger partial charge in [0, 0.05) is 11.8 Å². The van der Waals surface area contributed by atoms with Crippen molar-refractivity contribution in [1.29, 1.82) is 0 Å². The van der Waals surface area contributed by atoms with Gasteiger partial charge in [-0.2, -0.15) is 0 Å². The number of nitrogen functional groups attached to an aromatic ring is 1. The van der Waals surface area contributed by atoms with Crippen molar-refractivity contribution in [2.24, 2.45) is 0 Å². The average Bonchev–Trinajstić information content (AvgIpc) is 2.33. The number of benzene rings is 1. The molecule has 2 N–H and O–H groups in total. The number of halogens is 1. The summed E-state index contributed by atoms with van der Waals surface area (Å²) in [6.45, 7) is 3.88. The molecule has 1 aromatic carbocycles. The molecule has 0 aliphatic heterocycles. The first-order chi connectivity index (χ1) is 8.13. The van der Waals surface area contributed by atoms with Crippen LogP contribution in [-0.2, 0) is 6.42 Å². The number of rotatable bonds is 2. The Morgan fingerprint density at radius 1 is 1.29 bits per heavy atom. The van der Waals surface area contributed by atoms with Crippen molar-refractivity contribution >= 4 is 5.69 Å². The zero-order chi connectivity index (χ0) is 12.4. The lowest BCUT2D eigenvalue weighted by atomic mass is 10.0. The molecule has 0 aliphatic rings. The summed E-state index contributed by atoms with van der Waals surface area (Å²) in [5, 5.41) is 0. The predicted octanol–water partition coefficient (Wildman–Crippen LogP) is 3.34. The Hall–Kier alpha value is -1.90. The Morgan fingerprint density at radius 2 is 2.06 bits per heavy atom. The summed E-state index contributed by atoms with van der Waals surface area (Å²) < 4.78 is 13.9. The monoisotopic (exact) mass is 230 g/mol. The molecule has 0 aliphatic carbocycles. The van der Waals surface area contributed by atoms with Crippen molar-refractivity contribution in [1.82, 2.24) is 4.98 Å². The maximum Gasteiger partial charge on any atom is 0.132 e. The van der Waals surface area contributed by atoms with Gasteiger partial charge in [0.05, 0.1) is 11.4 Å². The smallest absolute Gasteiger partial charge is 0.132 e. The fraction of sp³-hybridized carbons (Fsp3) is 0.214. The largest absolute Gasteiger partial charge is 0.397 e. The van der Waals surface area contributed by atoms with Gasteiger partial charge in [0.2, 0.25) is 0 Å². The Labute approximate surface area is 100 Å². The SMILES string of the molecule is CCc1ccc(-c2nccc(C)c2N)c(F)c1. The Bertz CT molecular complexity index is 550. The molecule has 0 amide bonds. The van der Waals surface area contributed by atoms with Gasteiger partial charge in [-0.1, -0.05) is 13.0 Å². The Kier molecular flexibility index (Phi) is 3.09. The summed E-state index contributed by atoms with van der Waals surface area (Å²) in [6, 6.07) is 7.00. The van der Waals surface area contributed by atoms with Crippen LogP contribution in [0.15, 0.2) is 30.5 Å². The minimum Gasteiger partial charge on any atom is -0.397 e. The highest BCUT2D eigenvalue weighted by molar-refractivity contribution is 5.75. The van der Waals surface area contributed by atoms with E-state index < -0.39 is 0 Å². The van der Waals surface area contributed by atoms with Crippen LogP contribution < -0.4 is 5.73 Å². The van der Waals surface area contributed by atoms with E-state index in [1.807, 2.05) is 26.0 Å². The van der Waals surface area contributed by atoms with Gasteiger partial charge in [0.15, 0.2) is 0 Å². The zero-order valence-electron chi connectivity index (χ0n) is 10.00. The van der Waals surface area contributed by atoms with Crippen LogP contribution in [0.25, 0.3) is 11.3 Å². The van der Waals surface area contributed by atoms with Crippen LogP contribution in [0, 0.1) is 12.7 Å². The molecule has 0 fully saturated rings. The third kappa shape index (κ3) is 2.13. The summed E-state index contributed by atoms with van der Waals surface area (Å²) in [5.41, 5.74) is 9.32. The number of aryl methyl sites for hydroxylation is 2. The van der Waals surface area contributed by atoms with E-state index in [2.05, 4.69) is 4.98 Å². The van der Waals surface area contributed by atoms with E-state index in [1.165, 1.54) is 0 Å². The van der Waals surface area contributed by atoms with Gasteiger partial charge in [-0.05, 0) is 42.7 Å². The normalized spacial score (nSPS) is 10.5. The molecule has 0 spiro atoms. The van der Waals surface area contributed by atoms with Crippen molar-refractivity contribution in [2.45, 2.75) is 20.3 Å². The lowest BCUT2D eigenvalue weighted by Gasteiger charge is -2.09. The molecular formula is C14H15FN2. The lowest BCUT2D eigenvalue weighted by molar-refractivity contribution is 0.628. The average molecular weight is 230 g/mol. The fourth-order valence-electron chi connectivity index (χ4n) is 1.75. The number of pyridine rings is 1. The molecule has 3 heteroatoms. The highest BCUT2D eigenvalue weighted by Crippen LogP contribution is 2.28. The zero-order valence-corrected chi connectivity index (χ0v) is 10.00. The van der Waals surface area contributed by atoms with Gasteiger partial charge < -0.3 is 5.73 Å². The number of hydrogen-bond donors (Lipinski definition) is 1. The van der Waals surface area contributed by atoms with Crippen LogP contribution in [0.5, 0.6) is 0 Å². The van der Waals surface area contributed by atoms with Gasteiger partial charge in [-0.3, -0.25) is 4.98 Å². The first-order valence-electron chi connectivity index (χ1n) is 5.63. The minimum atomic E-state index is -0.269. The molecule has 2 aromatic rings. The van der Waals surface area contributed by atoms with Crippen LogP contribution >= 0.6 is 0 Å². The summed E-state index contributed by atoms with van der Waals surface area (Å²) in [7, 11) is 0. The van der Waals surface area contributed by atoms with Crippen LogP contribution in [0.3, 0.4) is 0 Å². The highest BCUT2D eigenvalue weighted by atomic mass is 19.1. The summed E-state index contributed by atoms with van der Waals surface area (Å²) in [6.07, 6.45) is 2.46. The van der Waals surface area contributed by atoms with E-state index in [0.29, 0.717) is 16.9 Å². The van der Waals surface area contributed by atoms with E-state index >= 15 is 0 Å². The highest BCUT2D eigenvalue weighted by Gasteiger charge is 2.11. The van der Waals surface area contributed by atoms with Crippen LogP contribution in [0.1, 0.15) is 18.1 Å². The molecule has 17 heavy (non-hydrogen) atoms. The van der Waals surface area contributed by atoms with Gasteiger partial charge in [0.1, 0.15) is 5.82 Å². The molecule has 2 rings (SSSR count). The first-order valence-corrected chi connectivity index (χ1v) is 5.63. The molecular weight excluding hydrogens is 215 g/mol. The number of hydrogen-bond acceptors (Lipinski definition) is 2. The molecule has 0 radical (unpaired) electrons. The standard InChI is InChI=1S/C14H15FN2/c1-3-10-4-5-11(12(15)8-10)14-13(16)9(2)6-7-17-14/h4-8H,3,16H2,1-2H3. The molecule has 0 saturated carbocycles. The summed E-state index contributed by atoms with van der Waals surface area (Å²) in [5.74, 6) is -0.269. The summed E-state index contributed by atoms with van der Waals surface area (Å²) >= 11 is 0. The van der Waals surface area contributed by atoms with Gasteiger partial charge in [0.25, 0.3) is 0 Å². The fourth-order valence-corrected chi connectivity index (χ4v) is 1.75. The number of nitrogens with two attached hydrogens (primary N) is 1.